The third-order valence-electron chi connectivity index (χ3n) is 4.50. The molecule has 0 spiro atoms. The van der Waals surface area contributed by atoms with E-state index < -0.39 is 11.4 Å². The summed E-state index contributed by atoms with van der Waals surface area (Å²) in [5.41, 5.74) is -0.211. The van der Waals surface area contributed by atoms with E-state index in [9.17, 15) is 9.18 Å². The monoisotopic (exact) mass is 377 g/mol. The van der Waals surface area contributed by atoms with Crippen LogP contribution in [0.4, 0.5) is 9.18 Å². The predicted molar refractivity (Wildman–Crippen MR) is 100 cm³/mol. The number of halogens is 1. The van der Waals surface area contributed by atoms with Crippen LogP contribution in [0, 0.1) is 17.1 Å². The molecule has 6 nitrogen and oxygen atoms in total. The Bertz CT molecular complexity index is 689. The third kappa shape index (κ3) is 6.40. The van der Waals surface area contributed by atoms with Crippen molar-refractivity contribution in [2.45, 2.75) is 45.3 Å². The fourth-order valence-electron chi connectivity index (χ4n) is 2.99. The Kier molecular flexibility index (Phi) is 7.03. The lowest BCUT2D eigenvalue weighted by Gasteiger charge is -2.37. The van der Waals surface area contributed by atoms with Gasteiger partial charge in [-0.2, -0.15) is 5.26 Å². The number of benzene rings is 1. The van der Waals surface area contributed by atoms with Crippen molar-refractivity contribution < 1.29 is 18.7 Å². The van der Waals surface area contributed by atoms with Gasteiger partial charge in [-0.3, -0.25) is 4.90 Å². The molecule has 0 N–H and O–H groups in total. The average molecular weight is 377 g/mol. The quantitative estimate of drug-likeness (QED) is 0.787. The SMILES string of the molecule is CN(CCOc1ccc(C#N)cc1F)C1CCN(C(=O)OC(C)(C)C)CC1. The number of ether oxygens (including phenoxy) is 2. The number of nitrogens with zero attached hydrogens (tertiary/aromatic N) is 3. The van der Waals surface area contributed by atoms with Crippen LogP contribution in [0.25, 0.3) is 0 Å². The maximum Gasteiger partial charge on any atom is 0.410 e. The molecule has 148 valence electrons. The van der Waals surface area contributed by atoms with E-state index in [2.05, 4.69) is 4.90 Å². The molecule has 0 unspecified atom stereocenters. The topological polar surface area (TPSA) is 65.8 Å². The molecule has 1 saturated heterocycles. The van der Waals surface area contributed by atoms with Crippen LogP contribution in [0.5, 0.6) is 5.75 Å². The second-order valence-corrected chi connectivity index (χ2v) is 7.78. The molecule has 27 heavy (non-hydrogen) atoms. The molecule has 1 fully saturated rings. The van der Waals surface area contributed by atoms with Crippen molar-refractivity contribution in [2.75, 3.05) is 33.3 Å². The Morgan fingerprint density at radius 2 is 2.04 bits per heavy atom. The number of carbonyl (C=O) groups is 1. The molecule has 0 aliphatic carbocycles. The maximum absolute atomic E-state index is 13.8. The Labute approximate surface area is 160 Å². The van der Waals surface area contributed by atoms with Gasteiger partial charge in [-0.15, -0.1) is 0 Å². The van der Waals surface area contributed by atoms with Crippen molar-refractivity contribution >= 4 is 6.09 Å². The number of hydrogen-bond acceptors (Lipinski definition) is 5. The average Bonchev–Trinajstić information content (AvgIpc) is 2.61. The number of piperidine rings is 1. The number of nitriles is 1. The van der Waals surface area contributed by atoms with Gasteiger partial charge in [0.15, 0.2) is 11.6 Å². The van der Waals surface area contributed by atoms with Gasteiger partial charge in [0, 0.05) is 25.7 Å². The fourth-order valence-corrected chi connectivity index (χ4v) is 2.99. The lowest BCUT2D eigenvalue weighted by molar-refractivity contribution is 0.0151. The van der Waals surface area contributed by atoms with Crippen LogP contribution in [-0.4, -0.2) is 60.8 Å². The van der Waals surface area contributed by atoms with Gasteiger partial charge in [0.25, 0.3) is 0 Å². The van der Waals surface area contributed by atoms with Gasteiger partial charge in [-0.05, 0) is 58.9 Å². The van der Waals surface area contributed by atoms with Gasteiger partial charge < -0.3 is 14.4 Å². The summed E-state index contributed by atoms with van der Waals surface area (Å²) in [6, 6.07) is 6.43. The molecule has 0 bridgehead atoms. The molecule has 7 heteroatoms. The number of carbonyl (C=O) groups excluding carboxylic acids is 1. The first-order chi connectivity index (χ1) is 12.7. The van der Waals surface area contributed by atoms with Gasteiger partial charge >= 0.3 is 6.09 Å². The lowest BCUT2D eigenvalue weighted by atomic mass is 10.0. The molecule has 1 aromatic carbocycles. The highest BCUT2D eigenvalue weighted by atomic mass is 19.1. The summed E-state index contributed by atoms with van der Waals surface area (Å²) in [6.07, 6.45) is 1.46. The number of amides is 1. The summed E-state index contributed by atoms with van der Waals surface area (Å²) >= 11 is 0. The molecule has 2 rings (SSSR count). The molecule has 1 amide bonds. The minimum Gasteiger partial charge on any atom is -0.489 e. The smallest absolute Gasteiger partial charge is 0.410 e. The number of likely N-dealkylation sites (N-methyl/N-ethyl adjacent to an activating group) is 1. The Morgan fingerprint density at radius 1 is 1.37 bits per heavy atom. The van der Waals surface area contributed by atoms with E-state index in [0.29, 0.717) is 32.3 Å². The standard InChI is InChI=1S/C20H28FN3O3/c1-20(2,3)27-19(25)24-9-7-16(8-10-24)23(4)11-12-26-18-6-5-15(14-22)13-17(18)21/h5-6,13,16H,7-12H2,1-4H3. The van der Waals surface area contributed by atoms with Crippen LogP contribution in [0.15, 0.2) is 18.2 Å². The second-order valence-electron chi connectivity index (χ2n) is 7.78. The van der Waals surface area contributed by atoms with Crippen LogP contribution < -0.4 is 4.74 Å². The van der Waals surface area contributed by atoms with E-state index in [1.807, 2.05) is 33.9 Å². The van der Waals surface area contributed by atoms with Crippen LogP contribution in [0.1, 0.15) is 39.2 Å². The van der Waals surface area contributed by atoms with Crippen LogP contribution in [0.2, 0.25) is 0 Å². The molecule has 1 aromatic rings. The highest BCUT2D eigenvalue weighted by Gasteiger charge is 2.28. The Hall–Kier alpha value is -2.33. The van der Waals surface area contributed by atoms with Gasteiger partial charge in [-0.25, -0.2) is 9.18 Å². The number of rotatable bonds is 5. The highest BCUT2D eigenvalue weighted by Crippen LogP contribution is 2.20. The fraction of sp³-hybridized carbons (Fsp3) is 0.600. The maximum atomic E-state index is 13.8. The molecular weight excluding hydrogens is 349 g/mol. The number of likely N-dealkylation sites (tertiary alicyclic amines) is 1. The summed E-state index contributed by atoms with van der Waals surface area (Å²) in [5.74, 6) is -0.371. The third-order valence-corrected chi connectivity index (χ3v) is 4.50. The van der Waals surface area contributed by atoms with Crippen LogP contribution in [0.3, 0.4) is 0 Å². The first-order valence-electron chi connectivity index (χ1n) is 9.20. The van der Waals surface area contributed by atoms with Crippen molar-refractivity contribution in [2.24, 2.45) is 0 Å². The van der Waals surface area contributed by atoms with Gasteiger partial charge in [0.1, 0.15) is 12.2 Å². The van der Waals surface area contributed by atoms with E-state index >= 15 is 0 Å². The highest BCUT2D eigenvalue weighted by molar-refractivity contribution is 5.68. The normalized spacial score (nSPS) is 15.5. The van der Waals surface area contributed by atoms with Crippen molar-refractivity contribution in [3.8, 4) is 11.8 Å². The lowest BCUT2D eigenvalue weighted by Crippen LogP contribution is -2.47. The predicted octanol–water partition coefficient (Wildman–Crippen LogP) is 3.41. The molecule has 1 heterocycles. The van der Waals surface area contributed by atoms with Gasteiger partial charge in [0.05, 0.1) is 11.6 Å². The van der Waals surface area contributed by atoms with E-state index in [1.54, 1.807) is 4.90 Å². The van der Waals surface area contributed by atoms with Crippen LogP contribution in [-0.2, 0) is 4.74 Å². The van der Waals surface area contributed by atoms with E-state index in [1.165, 1.54) is 18.2 Å². The number of hydrogen-bond donors (Lipinski definition) is 0. The minimum atomic E-state index is -0.526. The molecule has 0 radical (unpaired) electrons. The van der Waals surface area contributed by atoms with Crippen molar-refractivity contribution in [1.82, 2.24) is 9.80 Å². The summed E-state index contributed by atoms with van der Waals surface area (Å²) < 4.78 is 24.7. The molecule has 0 atom stereocenters. The Morgan fingerprint density at radius 3 is 2.59 bits per heavy atom. The van der Waals surface area contributed by atoms with Gasteiger partial charge in [-0.1, -0.05) is 0 Å². The van der Waals surface area contributed by atoms with Crippen molar-refractivity contribution in [1.29, 1.82) is 5.26 Å². The summed E-state index contributed by atoms with van der Waals surface area (Å²) in [4.78, 5) is 16.0. The summed E-state index contributed by atoms with van der Waals surface area (Å²) in [5, 5.41) is 8.76. The summed E-state index contributed by atoms with van der Waals surface area (Å²) in [7, 11) is 2.01. The van der Waals surface area contributed by atoms with Crippen molar-refractivity contribution in [3.05, 3.63) is 29.6 Å². The van der Waals surface area contributed by atoms with E-state index in [4.69, 9.17) is 14.7 Å². The zero-order chi connectivity index (χ0) is 20.0. The largest absolute Gasteiger partial charge is 0.489 e. The Balaban J connectivity index is 1.74. The second kappa shape index (κ2) is 9.05. The van der Waals surface area contributed by atoms with E-state index in [-0.39, 0.29) is 17.4 Å². The zero-order valence-electron chi connectivity index (χ0n) is 16.5. The molecule has 1 aliphatic heterocycles. The first-order valence-corrected chi connectivity index (χ1v) is 9.20. The molecule has 0 saturated carbocycles. The molecular formula is C20H28FN3O3. The summed E-state index contributed by atoms with van der Waals surface area (Å²) in [6.45, 7) is 7.92. The van der Waals surface area contributed by atoms with E-state index in [0.717, 1.165) is 12.8 Å². The zero-order valence-corrected chi connectivity index (χ0v) is 16.5. The molecule has 1 aliphatic rings. The molecule has 0 aromatic heterocycles. The van der Waals surface area contributed by atoms with Crippen LogP contribution >= 0.6 is 0 Å². The van der Waals surface area contributed by atoms with Crippen molar-refractivity contribution in [3.63, 3.8) is 0 Å². The van der Waals surface area contributed by atoms with Gasteiger partial charge in [0.2, 0.25) is 0 Å². The first kappa shape index (κ1) is 21.0. The minimum absolute atomic E-state index is 0.155.